The van der Waals surface area contributed by atoms with Crippen molar-refractivity contribution in [2.24, 2.45) is 0 Å². The summed E-state index contributed by atoms with van der Waals surface area (Å²) >= 11 is 6.07. The van der Waals surface area contributed by atoms with Crippen molar-refractivity contribution < 1.29 is 17.9 Å². The van der Waals surface area contributed by atoms with Gasteiger partial charge in [-0.3, -0.25) is 14.0 Å². The monoisotopic (exact) mass is 451 g/mol. The SMILES string of the molecule is Cc1ccc(S(=O)(=O)N(CC(=O)NCCN2CCOCC2)c2cccc(Cl)c2)cc1. The first-order chi connectivity index (χ1) is 14.4. The number of halogens is 1. The number of carbonyl (C=O) groups is 1. The molecule has 0 atom stereocenters. The predicted octanol–water partition coefficient (Wildman–Crippen LogP) is 2.29. The fourth-order valence-electron chi connectivity index (χ4n) is 3.15. The smallest absolute Gasteiger partial charge is 0.264 e. The summed E-state index contributed by atoms with van der Waals surface area (Å²) in [5.41, 5.74) is 1.29. The van der Waals surface area contributed by atoms with Gasteiger partial charge in [0.1, 0.15) is 6.54 Å². The Kier molecular flexibility index (Phi) is 7.71. The van der Waals surface area contributed by atoms with E-state index in [1.54, 1.807) is 42.5 Å². The number of benzene rings is 2. The van der Waals surface area contributed by atoms with Crippen LogP contribution in [0.1, 0.15) is 5.56 Å². The van der Waals surface area contributed by atoms with Crippen LogP contribution in [0.5, 0.6) is 0 Å². The van der Waals surface area contributed by atoms with Gasteiger partial charge in [0.25, 0.3) is 10.0 Å². The lowest BCUT2D eigenvalue weighted by molar-refractivity contribution is -0.119. The number of carbonyl (C=O) groups excluding carboxylic acids is 1. The second-order valence-electron chi connectivity index (χ2n) is 7.11. The molecule has 162 valence electrons. The largest absolute Gasteiger partial charge is 0.379 e. The van der Waals surface area contributed by atoms with Crippen LogP contribution in [-0.2, 0) is 19.6 Å². The highest BCUT2D eigenvalue weighted by Gasteiger charge is 2.27. The van der Waals surface area contributed by atoms with E-state index in [0.717, 1.165) is 23.0 Å². The predicted molar refractivity (Wildman–Crippen MR) is 117 cm³/mol. The van der Waals surface area contributed by atoms with Crippen molar-refractivity contribution in [3.05, 3.63) is 59.1 Å². The minimum atomic E-state index is -3.94. The molecule has 1 heterocycles. The molecule has 0 spiro atoms. The molecule has 0 aliphatic carbocycles. The Labute approximate surface area is 182 Å². The summed E-state index contributed by atoms with van der Waals surface area (Å²) in [6, 6.07) is 13.0. The molecule has 0 unspecified atom stereocenters. The number of amides is 1. The second kappa shape index (κ2) is 10.3. The Bertz CT molecular complexity index is 960. The number of aryl methyl sites for hydroxylation is 1. The molecule has 9 heteroatoms. The average molecular weight is 452 g/mol. The minimum Gasteiger partial charge on any atom is -0.379 e. The Balaban J connectivity index is 1.74. The Hall–Kier alpha value is -2.13. The van der Waals surface area contributed by atoms with E-state index in [9.17, 15) is 13.2 Å². The molecular weight excluding hydrogens is 426 g/mol. The number of nitrogens with one attached hydrogen (secondary N) is 1. The molecule has 3 rings (SSSR count). The molecule has 0 bridgehead atoms. The zero-order valence-corrected chi connectivity index (χ0v) is 18.5. The average Bonchev–Trinajstić information content (AvgIpc) is 2.73. The number of rotatable bonds is 8. The second-order valence-corrected chi connectivity index (χ2v) is 9.41. The molecule has 1 N–H and O–H groups in total. The fraction of sp³-hybridized carbons (Fsp3) is 0.381. The van der Waals surface area contributed by atoms with Crippen molar-refractivity contribution in [2.75, 3.05) is 50.2 Å². The summed E-state index contributed by atoms with van der Waals surface area (Å²) in [6.45, 7) is 5.70. The maximum absolute atomic E-state index is 13.3. The van der Waals surface area contributed by atoms with E-state index in [0.29, 0.717) is 37.0 Å². The van der Waals surface area contributed by atoms with Gasteiger partial charge in [0.2, 0.25) is 5.91 Å². The number of anilines is 1. The number of hydrogen-bond acceptors (Lipinski definition) is 5. The van der Waals surface area contributed by atoms with Crippen LogP contribution in [0.4, 0.5) is 5.69 Å². The molecule has 1 saturated heterocycles. The third-order valence-corrected chi connectivity index (χ3v) is 6.87. The number of nitrogens with zero attached hydrogens (tertiary/aromatic N) is 2. The first-order valence-electron chi connectivity index (χ1n) is 9.78. The van der Waals surface area contributed by atoms with Gasteiger partial charge in [-0.25, -0.2) is 8.42 Å². The molecule has 0 saturated carbocycles. The number of ether oxygens (including phenoxy) is 1. The Morgan fingerprint density at radius 3 is 2.53 bits per heavy atom. The van der Waals surface area contributed by atoms with Gasteiger partial charge in [-0.1, -0.05) is 35.4 Å². The van der Waals surface area contributed by atoms with Gasteiger partial charge in [0.15, 0.2) is 0 Å². The zero-order chi connectivity index (χ0) is 21.6. The maximum Gasteiger partial charge on any atom is 0.264 e. The molecule has 2 aromatic rings. The highest BCUT2D eigenvalue weighted by atomic mass is 35.5. The number of sulfonamides is 1. The highest BCUT2D eigenvalue weighted by Crippen LogP contribution is 2.26. The topological polar surface area (TPSA) is 79.0 Å². The quantitative estimate of drug-likeness (QED) is 0.666. The standard InChI is InChI=1S/C21H26ClN3O4S/c1-17-5-7-20(8-6-17)30(27,28)25(19-4-2-3-18(22)15-19)16-21(26)23-9-10-24-11-13-29-14-12-24/h2-8,15H,9-14,16H2,1H3,(H,23,26). The van der Waals surface area contributed by atoms with E-state index in [1.165, 1.54) is 6.07 Å². The summed E-state index contributed by atoms with van der Waals surface area (Å²) in [7, 11) is -3.94. The van der Waals surface area contributed by atoms with Crippen molar-refractivity contribution in [1.82, 2.24) is 10.2 Å². The maximum atomic E-state index is 13.3. The third-order valence-electron chi connectivity index (χ3n) is 4.85. The van der Waals surface area contributed by atoms with E-state index < -0.39 is 10.0 Å². The van der Waals surface area contributed by atoms with E-state index >= 15 is 0 Å². The van der Waals surface area contributed by atoms with E-state index in [1.807, 2.05) is 6.92 Å². The molecule has 1 aliphatic heterocycles. The molecular formula is C21H26ClN3O4S. The van der Waals surface area contributed by atoms with E-state index in [2.05, 4.69) is 10.2 Å². The molecule has 2 aromatic carbocycles. The van der Waals surface area contributed by atoms with Crippen LogP contribution < -0.4 is 9.62 Å². The Morgan fingerprint density at radius 1 is 1.17 bits per heavy atom. The summed E-state index contributed by atoms with van der Waals surface area (Å²) < 4.78 is 33.0. The van der Waals surface area contributed by atoms with Crippen LogP contribution in [0.15, 0.2) is 53.4 Å². The van der Waals surface area contributed by atoms with E-state index in [4.69, 9.17) is 16.3 Å². The van der Waals surface area contributed by atoms with Crippen LogP contribution in [0.2, 0.25) is 5.02 Å². The first-order valence-corrected chi connectivity index (χ1v) is 11.6. The van der Waals surface area contributed by atoms with Gasteiger partial charge in [-0.05, 0) is 37.3 Å². The van der Waals surface area contributed by atoms with Gasteiger partial charge >= 0.3 is 0 Å². The lowest BCUT2D eigenvalue weighted by atomic mass is 10.2. The van der Waals surface area contributed by atoms with Gasteiger partial charge < -0.3 is 10.1 Å². The summed E-state index contributed by atoms with van der Waals surface area (Å²) in [5.74, 6) is -0.376. The van der Waals surface area contributed by atoms with Crippen molar-refractivity contribution in [3.63, 3.8) is 0 Å². The number of morpholine rings is 1. The fourth-order valence-corrected chi connectivity index (χ4v) is 4.75. The normalized spacial score (nSPS) is 15.0. The Morgan fingerprint density at radius 2 is 1.87 bits per heavy atom. The van der Waals surface area contributed by atoms with Gasteiger partial charge in [-0.15, -0.1) is 0 Å². The van der Waals surface area contributed by atoms with Gasteiger partial charge in [-0.2, -0.15) is 0 Å². The third kappa shape index (κ3) is 5.95. The molecule has 30 heavy (non-hydrogen) atoms. The molecule has 0 radical (unpaired) electrons. The van der Waals surface area contributed by atoms with Gasteiger partial charge in [0.05, 0.1) is 23.8 Å². The van der Waals surface area contributed by atoms with Crippen molar-refractivity contribution in [1.29, 1.82) is 0 Å². The lowest BCUT2D eigenvalue weighted by Gasteiger charge is -2.27. The van der Waals surface area contributed by atoms with Crippen LogP contribution in [0, 0.1) is 6.92 Å². The summed E-state index contributed by atoms with van der Waals surface area (Å²) in [5, 5.41) is 3.21. The van der Waals surface area contributed by atoms with Crippen molar-refractivity contribution >= 4 is 33.2 Å². The van der Waals surface area contributed by atoms with Crippen molar-refractivity contribution in [2.45, 2.75) is 11.8 Å². The number of hydrogen-bond donors (Lipinski definition) is 1. The van der Waals surface area contributed by atoms with Crippen molar-refractivity contribution in [3.8, 4) is 0 Å². The molecule has 1 fully saturated rings. The lowest BCUT2D eigenvalue weighted by Crippen LogP contribution is -2.44. The summed E-state index contributed by atoms with van der Waals surface area (Å²) in [4.78, 5) is 14.9. The summed E-state index contributed by atoms with van der Waals surface area (Å²) in [6.07, 6.45) is 0. The van der Waals surface area contributed by atoms with Gasteiger partial charge in [0, 0.05) is 31.2 Å². The molecule has 1 aliphatic rings. The molecule has 1 amide bonds. The zero-order valence-electron chi connectivity index (χ0n) is 16.9. The minimum absolute atomic E-state index is 0.120. The van der Waals surface area contributed by atoms with Crippen LogP contribution >= 0.6 is 11.6 Å². The van der Waals surface area contributed by atoms with Crippen LogP contribution in [-0.4, -0.2) is 65.2 Å². The highest BCUT2D eigenvalue weighted by molar-refractivity contribution is 7.92. The molecule has 7 nitrogen and oxygen atoms in total. The van der Waals surface area contributed by atoms with E-state index in [-0.39, 0.29) is 17.3 Å². The van der Waals surface area contributed by atoms with Crippen LogP contribution in [0.3, 0.4) is 0 Å². The van der Waals surface area contributed by atoms with Crippen LogP contribution in [0.25, 0.3) is 0 Å². The molecule has 0 aromatic heterocycles. The first kappa shape index (κ1) is 22.6.